The topological polar surface area (TPSA) is 92.4 Å². The molecule has 0 bridgehead atoms. The number of nitrogens with zero attached hydrogens (tertiary/aromatic N) is 1. The Morgan fingerprint density at radius 1 is 1.47 bits per heavy atom. The lowest BCUT2D eigenvalue weighted by atomic mass is 10.2. The van der Waals surface area contributed by atoms with E-state index in [1.807, 2.05) is 19.2 Å². The van der Waals surface area contributed by atoms with E-state index in [1.54, 1.807) is 0 Å². The van der Waals surface area contributed by atoms with Crippen molar-refractivity contribution >= 4 is 28.3 Å². The van der Waals surface area contributed by atoms with Gasteiger partial charge in [0, 0.05) is 11.4 Å². The summed E-state index contributed by atoms with van der Waals surface area (Å²) in [6.07, 6.45) is 1.03. The molecule has 0 aliphatic carbocycles. The number of carbonyl (C=O) groups is 2. The van der Waals surface area contributed by atoms with Crippen LogP contribution in [0.25, 0.3) is 0 Å². The Labute approximate surface area is 113 Å². The molecule has 2 aromatic heterocycles. The van der Waals surface area contributed by atoms with Crippen molar-refractivity contribution in [1.82, 2.24) is 4.98 Å². The SMILES string of the molecule is CC(C)c1csc(NC(=O)c2cc(C(=O)O)co2)n1. The van der Waals surface area contributed by atoms with Gasteiger partial charge in [0.05, 0.1) is 11.3 Å². The Kier molecular flexibility index (Phi) is 3.66. The van der Waals surface area contributed by atoms with Crippen molar-refractivity contribution < 1.29 is 19.1 Å². The van der Waals surface area contributed by atoms with E-state index in [4.69, 9.17) is 9.52 Å². The predicted octanol–water partition coefficient (Wildman–Crippen LogP) is 2.81. The van der Waals surface area contributed by atoms with Crippen LogP contribution in [-0.4, -0.2) is 22.0 Å². The summed E-state index contributed by atoms with van der Waals surface area (Å²) >= 11 is 1.31. The zero-order valence-electron chi connectivity index (χ0n) is 10.3. The number of carboxylic acid groups (broad SMARTS) is 1. The number of furan rings is 1. The van der Waals surface area contributed by atoms with Gasteiger partial charge in [-0.05, 0) is 5.92 Å². The van der Waals surface area contributed by atoms with Crippen molar-refractivity contribution in [2.45, 2.75) is 19.8 Å². The highest BCUT2D eigenvalue weighted by Crippen LogP contribution is 2.22. The third-order valence-electron chi connectivity index (χ3n) is 2.40. The monoisotopic (exact) mass is 280 g/mol. The first kappa shape index (κ1) is 13.3. The maximum atomic E-state index is 11.8. The third kappa shape index (κ3) is 3.00. The molecular weight excluding hydrogens is 268 g/mol. The first-order chi connectivity index (χ1) is 8.97. The summed E-state index contributed by atoms with van der Waals surface area (Å²) in [6.45, 7) is 4.01. The van der Waals surface area contributed by atoms with E-state index in [0.29, 0.717) is 5.13 Å². The Hall–Kier alpha value is -2.15. The van der Waals surface area contributed by atoms with Gasteiger partial charge in [-0.25, -0.2) is 9.78 Å². The van der Waals surface area contributed by atoms with Gasteiger partial charge in [0.1, 0.15) is 6.26 Å². The minimum atomic E-state index is -1.14. The third-order valence-corrected chi connectivity index (χ3v) is 3.18. The maximum Gasteiger partial charge on any atom is 0.338 e. The molecule has 0 unspecified atom stereocenters. The van der Waals surface area contributed by atoms with Crippen molar-refractivity contribution in [3.05, 3.63) is 34.7 Å². The van der Waals surface area contributed by atoms with Crippen molar-refractivity contribution in [1.29, 1.82) is 0 Å². The zero-order valence-corrected chi connectivity index (χ0v) is 11.2. The molecule has 0 atom stereocenters. The number of hydrogen-bond acceptors (Lipinski definition) is 5. The molecule has 0 spiro atoms. The Bertz CT molecular complexity index is 615. The molecule has 0 aromatic carbocycles. The van der Waals surface area contributed by atoms with Crippen molar-refractivity contribution in [3.63, 3.8) is 0 Å². The molecule has 2 heterocycles. The van der Waals surface area contributed by atoms with Gasteiger partial charge in [0.15, 0.2) is 10.9 Å². The minimum absolute atomic E-state index is 0.0568. The molecule has 0 radical (unpaired) electrons. The predicted molar refractivity (Wildman–Crippen MR) is 69.8 cm³/mol. The standard InChI is InChI=1S/C12H12N2O4S/c1-6(2)8-5-19-12(13-8)14-10(15)9-3-7(4-18-9)11(16)17/h3-6H,1-2H3,(H,16,17)(H,13,14,15). The van der Waals surface area contributed by atoms with E-state index < -0.39 is 11.9 Å². The van der Waals surface area contributed by atoms with E-state index in [-0.39, 0.29) is 17.2 Å². The fourth-order valence-electron chi connectivity index (χ4n) is 1.33. The lowest BCUT2D eigenvalue weighted by molar-refractivity contribution is 0.0696. The molecule has 0 aliphatic rings. The normalized spacial score (nSPS) is 10.7. The van der Waals surface area contributed by atoms with Crippen LogP contribution in [0.5, 0.6) is 0 Å². The second kappa shape index (κ2) is 5.23. The number of anilines is 1. The van der Waals surface area contributed by atoms with Gasteiger partial charge in [-0.3, -0.25) is 10.1 Å². The average Bonchev–Trinajstić information content (AvgIpc) is 2.96. The first-order valence-corrected chi connectivity index (χ1v) is 6.44. The van der Waals surface area contributed by atoms with Crippen LogP contribution in [0.1, 0.15) is 46.4 Å². The fourth-order valence-corrected chi connectivity index (χ4v) is 2.20. The number of amides is 1. The quantitative estimate of drug-likeness (QED) is 0.898. The van der Waals surface area contributed by atoms with Crippen LogP contribution in [0, 0.1) is 0 Å². The second-order valence-electron chi connectivity index (χ2n) is 4.19. The molecule has 0 saturated heterocycles. The average molecular weight is 280 g/mol. The summed E-state index contributed by atoms with van der Waals surface area (Å²) in [5.41, 5.74) is 0.832. The molecule has 7 heteroatoms. The van der Waals surface area contributed by atoms with Gasteiger partial charge in [-0.15, -0.1) is 11.3 Å². The molecule has 0 saturated carbocycles. The van der Waals surface area contributed by atoms with E-state index in [1.165, 1.54) is 17.4 Å². The summed E-state index contributed by atoms with van der Waals surface area (Å²) in [5.74, 6) is -1.43. The number of nitrogens with one attached hydrogen (secondary N) is 1. The number of aromatic carboxylic acids is 1. The van der Waals surface area contributed by atoms with E-state index in [2.05, 4.69) is 10.3 Å². The Balaban J connectivity index is 2.09. The molecule has 2 N–H and O–H groups in total. The molecule has 1 amide bonds. The van der Waals surface area contributed by atoms with Crippen LogP contribution < -0.4 is 5.32 Å². The maximum absolute atomic E-state index is 11.8. The molecule has 19 heavy (non-hydrogen) atoms. The Morgan fingerprint density at radius 3 is 2.74 bits per heavy atom. The summed E-state index contributed by atoms with van der Waals surface area (Å²) in [5, 5.41) is 13.6. The molecule has 2 rings (SSSR count). The molecular formula is C12H12N2O4S. The van der Waals surface area contributed by atoms with Crippen molar-refractivity contribution in [2.75, 3.05) is 5.32 Å². The van der Waals surface area contributed by atoms with Crippen molar-refractivity contribution in [3.8, 4) is 0 Å². The molecule has 0 aliphatic heterocycles. The summed E-state index contributed by atoms with van der Waals surface area (Å²) < 4.78 is 4.90. The number of carbonyl (C=O) groups excluding carboxylic acids is 1. The van der Waals surface area contributed by atoms with Gasteiger partial charge < -0.3 is 9.52 Å². The first-order valence-electron chi connectivity index (χ1n) is 5.56. The smallest absolute Gasteiger partial charge is 0.338 e. The van der Waals surface area contributed by atoms with Crippen LogP contribution in [0.2, 0.25) is 0 Å². The molecule has 0 fully saturated rings. The van der Waals surface area contributed by atoms with Gasteiger partial charge in [0.2, 0.25) is 0 Å². The van der Waals surface area contributed by atoms with Crippen LogP contribution in [-0.2, 0) is 0 Å². The lowest BCUT2D eigenvalue weighted by Gasteiger charge is -1.99. The van der Waals surface area contributed by atoms with Gasteiger partial charge >= 0.3 is 5.97 Å². The van der Waals surface area contributed by atoms with Crippen LogP contribution >= 0.6 is 11.3 Å². The number of thiazole rings is 1. The minimum Gasteiger partial charge on any atom is -0.478 e. The number of rotatable bonds is 4. The van der Waals surface area contributed by atoms with Gasteiger partial charge in [-0.1, -0.05) is 13.8 Å². The summed E-state index contributed by atoms with van der Waals surface area (Å²) in [7, 11) is 0. The van der Waals surface area contributed by atoms with Crippen LogP contribution in [0.3, 0.4) is 0 Å². The van der Waals surface area contributed by atoms with Crippen molar-refractivity contribution in [2.24, 2.45) is 0 Å². The van der Waals surface area contributed by atoms with Gasteiger partial charge in [-0.2, -0.15) is 0 Å². The highest BCUT2D eigenvalue weighted by molar-refractivity contribution is 7.14. The van der Waals surface area contributed by atoms with E-state index in [0.717, 1.165) is 12.0 Å². The van der Waals surface area contributed by atoms with Crippen LogP contribution in [0.15, 0.2) is 22.1 Å². The molecule has 6 nitrogen and oxygen atoms in total. The highest BCUT2D eigenvalue weighted by Gasteiger charge is 2.16. The molecule has 2 aromatic rings. The number of hydrogen-bond donors (Lipinski definition) is 2. The number of aromatic nitrogens is 1. The van der Waals surface area contributed by atoms with E-state index >= 15 is 0 Å². The zero-order chi connectivity index (χ0) is 14.0. The number of carboxylic acids is 1. The largest absolute Gasteiger partial charge is 0.478 e. The fraction of sp³-hybridized carbons (Fsp3) is 0.250. The lowest BCUT2D eigenvalue weighted by Crippen LogP contribution is -2.10. The summed E-state index contributed by atoms with van der Waals surface area (Å²) in [6, 6.07) is 1.18. The second-order valence-corrected chi connectivity index (χ2v) is 5.05. The van der Waals surface area contributed by atoms with Crippen LogP contribution in [0.4, 0.5) is 5.13 Å². The summed E-state index contributed by atoms with van der Waals surface area (Å²) in [4.78, 5) is 26.7. The van der Waals surface area contributed by atoms with Gasteiger partial charge in [0.25, 0.3) is 5.91 Å². The highest BCUT2D eigenvalue weighted by atomic mass is 32.1. The van der Waals surface area contributed by atoms with E-state index in [9.17, 15) is 9.59 Å². The Morgan fingerprint density at radius 2 is 2.21 bits per heavy atom. The molecule has 100 valence electrons.